The Morgan fingerprint density at radius 1 is 1.14 bits per heavy atom. The van der Waals surface area contributed by atoms with E-state index in [0.717, 1.165) is 39.4 Å². The van der Waals surface area contributed by atoms with Crippen LogP contribution in [-0.4, -0.2) is 19.6 Å². The third-order valence-corrected chi connectivity index (χ3v) is 5.68. The summed E-state index contributed by atoms with van der Waals surface area (Å²) in [7, 11) is 1.69. The van der Waals surface area contributed by atoms with E-state index < -0.39 is 0 Å². The molecule has 0 saturated carbocycles. The molecule has 0 aliphatic carbocycles. The van der Waals surface area contributed by atoms with Crippen molar-refractivity contribution in [3.63, 3.8) is 0 Å². The van der Waals surface area contributed by atoms with E-state index in [9.17, 15) is 4.79 Å². The Hall–Kier alpha value is -3.06. The minimum Gasteiger partial charge on any atom is -0.489 e. The summed E-state index contributed by atoms with van der Waals surface area (Å²) in [5.41, 5.74) is 7.82. The molecule has 4 aromatic rings. The van der Waals surface area contributed by atoms with E-state index in [1.807, 2.05) is 49.7 Å². The van der Waals surface area contributed by atoms with Crippen LogP contribution in [-0.2, 0) is 13.7 Å². The van der Waals surface area contributed by atoms with E-state index in [-0.39, 0.29) is 5.69 Å². The zero-order valence-electron chi connectivity index (χ0n) is 16.3. The fraction of sp³-hybridized carbons (Fsp3) is 0.238. The first-order valence-corrected chi connectivity index (χ1v) is 9.90. The molecule has 0 radical (unpaired) electrons. The average molecular weight is 395 g/mol. The van der Waals surface area contributed by atoms with Gasteiger partial charge in [0.2, 0.25) is 0 Å². The van der Waals surface area contributed by atoms with Crippen molar-refractivity contribution in [1.82, 2.24) is 19.6 Å². The number of ether oxygens (including phenoxy) is 1. The number of aryl methyl sites for hydroxylation is 4. The van der Waals surface area contributed by atoms with E-state index in [1.165, 1.54) is 14.2 Å². The summed E-state index contributed by atoms with van der Waals surface area (Å²) in [5.74, 6) is 0.825. The van der Waals surface area contributed by atoms with Crippen molar-refractivity contribution in [2.24, 2.45) is 7.05 Å². The maximum Gasteiger partial charge on any atom is 0.364 e. The number of hydrogen-bond acceptors (Lipinski definition) is 4. The monoisotopic (exact) mass is 394 g/mol. The van der Waals surface area contributed by atoms with Crippen molar-refractivity contribution in [2.75, 3.05) is 0 Å². The Morgan fingerprint density at radius 2 is 1.96 bits per heavy atom. The molecule has 0 atom stereocenters. The molecule has 0 aliphatic heterocycles. The Kier molecular flexibility index (Phi) is 4.68. The third kappa shape index (κ3) is 3.18. The number of nitrogens with one attached hydrogen (secondary N) is 1. The molecular formula is C21H22N4O2S. The highest BCUT2D eigenvalue weighted by atomic mass is 32.1. The lowest BCUT2D eigenvalue weighted by molar-refractivity contribution is 0.301. The van der Waals surface area contributed by atoms with Crippen LogP contribution in [0.5, 0.6) is 5.75 Å². The van der Waals surface area contributed by atoms with Crippen molar-refractivity contribution in [3.05, 3.63) is 74.0 Å². The second-order valence-corrected chi connectivity index (χ2v) is 7.93. The van der Waals surface area contributed by atoms with E-state index in [4.69, 9.17) is 4.74 Å². The summed E-state index contributed by atoms with van der Waals surface area (Å²) in [6, 6.07) is 12.0. The first-order chi connectivity index (χ1) is 13.5. The minimum absolute atomic E-state index is 0.0917. The molecule has 0 unspecified atom stereocenters. The van der Waals surface area contributed by atoms with E-state index in [2.05, 4.69) is 23.2 Å². The first-order valence-electron chi connectivity index (χ1n) is 9.02. The van der Waals surface area contributed by atoms with E-state index >= 15 is 0 Å². The zero-order valence-corrected chi connectivity index (χ0v) is 17.1. The molecule has 0 fully saturated rings. The highest BCUT2D eigenvalue weighted by molar-refractivity contribution is 7.10. The Morgan fingerprint density at radius 3 is 2.61 bits per heavy atom. The molecule has 2 aromatic carbocycles. The zero-order chi connectivity index (χ0) is 19.8. The van der Waals surface area contributed by atoms with Crippen molar-refractivity contribution < 1.29 is 4.74 Å². The number of thiazole rings is 1. The van der Waals surface area contributed by atoms with Crippen molar-refractivity contribution in [1.29, 1.82) is 0 Å². The molecule has 7 heteroatoms. The number of nitrogens with zero attached hydrogens (tertiary/aromatic N) is 3. The summed E-state index contributed by atoms with van der Waals surface area (Å²) in [5, 5.41) is 2.97. The van der Waals surface area contributed by atoms with E-state index in [1.54, 1.807) is 18.4 Å². The molecule has 0 bridgehead atoms. The molecule has 1 N–H and O–H groups in total. The summed E-state index contributed by atoms with van der Waals surface area (Å²) < 4.78 is 9.11. The summed E-state index contributed by atoms with van der Waals surface area (Å²) >= 11 is 1.65. The molecule has 0 saturated heterocycles. The molecule has 2 aromatic heterocycles. The number of aromatic nitrogens is 4. The van der Waals surface area contributed by atoms with Crippen LogP contribution in [0.15, 0.2) is 46.7 Å². The Bertz CT molecular complexity index is 1200. The number of aromatic amines is 1. The summed E-state index contributed by atoms with van der Waals surface area (Å²) in [4.78, 5) is 17.7. The minimum atomic E-state index is -0.0917. The highest BCUT2D eigenvalue weighted by Gasteiger charge is 2.14. The molecular weight excluding hydrogens is 372 g/mol. The molecule has 144 valence electrons. The SMILES string of the molecule is Cc1cc(-c2ncsc2C)ccc1OCc1c(C)cccc1-n1[nH]n(C)c1=O. The molecule has 0 amide bonds. The maximum absolute atomic E-state index is 12.1. The first kappa shape index (κ1) is 18.3. The molecule has 0 aliphatic rings. The van der Waals surface area contributed by atoms with Gasteiger partial charge >= 0.3 is 5.69 Å². The lowest BCUT2D eigenvalue weighted by Crippen LogP contribution is -2.40. The van der Waals surface area contributed by atoms with Crippen LogP contribution < -0.4 is 10.4 Å². The van der Waals surface area contributed by atoms with Crippen LogP contribution >= 0.6 is 11.3 Å². The van der Waals surface area contributed by atoms with Crippen molar-refractivity contribution in [2.45, 2.75) is 27.4 Å². The second-order valence-electron chi connectivity index (χ2n) is 6.88. The van der Waals surface area contributed by atoms with Gasteiger partial charge in [-0.2, -0.15) is 4.68 Å². The quantitative estimate of drug-likeness (QED) is 0.553. The van der Waals surface area contributed by atoms with Crippen LogP contribution in [0.25, 0.3) is 16.9 Å². The molecule has 28 heavy (non-hydrogen) atoms. The lowest BCUT2D eigenvalue weighted by atomic mass is 10.1. The third-order valence-electron chi connectivity index (χ3n) is 4.92. The summed E-state index contributed by atoms with van der Waals surface area (Å²) in [6.07, 6.45) is 0. The van der Waals surface area contributed by atoms with Gasteiger partial charge in [-0.3, -0.25) is 0 Å². The van der Waals surface area contributed by atoms with Gasteiger partial charge in [-0.25, -0.2) is 19.7 Å². The molecule has 6 nitrogen and oxygen atoms in total. The molecule has 4 rings (SSSR count). The second kappa shape index (κ2) is 7.16. The highest BCUT2D eigenvalue weighted by Crippen LogP contribution is 2.30. The number of rotatable bonds is 5. The molecule has 0 spiro atoms. The topological polar surface area (TPSA) is 64.8 Å². The van der Waals surface area contributed by atoms with Gasteiger partial charge in [0.05, 0.1) is 16.9 Å². The number of hydrogen-bond donors (Lipinski definition) is 1. The largest absolute Gasteiger partial charge is 0.489 e. The summed E-state index contributed by atoms with van der Waals surface area (Å²) in [6.45, 7) is 6.52. The van der Waals surface area contributed by atoms with E-state index in [0.29, 0.717) is 6.61 Å². The van der Waals surface area contributed by atoms with Crippen LogP contribution in [0.1, 0.15) is 21.6 Å². The Balaban J connectivity index is 1.60. The van der Waals surface area contributed by atoms with Gasteiger partial charge in [0.1, 0.15) is 12.4 Å². The number of benzene rings is 2. The average Bonchev–Trinajstić information content (AvgIpc) is 3.11. The normalized spacial score (nSPS) is 11.1. The number of H-pyrrole nitrogens is 1. The van der Waals surface area contributed by atoms with Crippen LogP contribution in [0, 0.1) is 20.8 Å². The predicted molar refractivity (Wildman–Crippen MR) is 111 cm³/mol. The lowest BCUT2D eigenvalue weighted by Gasteiger charge is -2.19. The van der Waals surface area contributed by atoms with Gasteiger partial charge < -0.3 is 4.74 Å². The van der Waals surface area contributed by atoms with Gasteiger partial charge in [0.15, 0.2) is 0 Å². The maximum atomic E-state index is 12.1. The Labute approximate surface area is 167 Å². The van der Waals surface area contributed by atoms with Crippen molar-refractivity contribution >= 4 is 11.3 Å². The fourth-order valence-electron chi connectivity index (χ4n) is 3.27. The van der Waals surface area contributed by atoms with Gasteiger partial charge in [-0.05, 0) is 56.2 Å². The van der Waals surface area contributed by atoms with Gasteiger partial charge in [0.25, 0.3) is 0 Å². The van der Waals surface area contributed by atoms with Crippen LogP contribution in [0.4, 0.5) is 0 Å². The smallest absolute Gasteiger partial charge is 0.364 e. The van der Waals surface area contributed by atoms with Gasteiger partial charge in [-0.15, -0.1) is 11.3 Å². The van der Waals surface area contributed by atoms with Crippen LogP contribution in [0.2, 0.25) is 0 Å². The standard InChI is InChI=1S/C21H22N4O2S/c1-13-6-5-7-18(25-21(26)24(4)23-25)17(13)11-27-19-9-8-16(10-14(19)2)20-15(3)28-12-22-20/h5-10,12,23H,11H2,1-4H3. The van der Waals surface area contributed by atoms with Crippen molar-refractivity contribution in [3.8, 4) is 22.7 Å². The predicted octanol–water partition coefficient (Wildman–Crippen LogP) is 4.13. The molecule has 2 heterocycles. The van der Waals surface area contributed by atoms with Gasteiger partial charge in [0, 0.05) is 23.1 Å². The fourth-order valence-corrected chi connectivity index (χ4v) is 3.87. The van der Waals surface area contributed by atoms with Gasteiger partial charge in [-0.1, -0.05) is 12.1 Å². The van der Waals surface area contributed by atoms with Crippen LogP contribution in [0.3, 0.4) is 0 Å².